The zero-order valence-corrected chi connectivity index (χ0v) is 41.3. The zero-order chi connectivity index (χ0) is 47.8. The third-order valence-electron chi connectivity index (χ3n) is 14.9. The maximum absolute atomic E-state index is 18.5. The molecule has 356 valence electrons. The number of benzene rings is 5. The van der Waals surface area contributed by atoms with Gasteiger partial charge in [0.25, 0.3) is 0 Å². The summed E-state index contributed by atoms with van der Waals surface area (Å²) in [4.78, 5) is 30.4. The van der Waals surface area contributed by atoms with Gasteiger partial charge in [0.05, 0.1) is 16.2 Å². The van der Waals surface area contributed by atoms with Crippen molar-refractivity contribution in [1.29, 1.82) is 0 Å². The van der Waals surface area contributed by atoms with Crippen molar-refractivity contribution in [1.82, 2.24) is 29.5 Å². The number of aromatic nitrogens is 4. The highest BCUT2D eigenvalue weighted by Gasteiger charge is 2.44. The molecule has 4 aliphatic rings. The van der Waals surface area contributed by atoms with Crippen molar-refractivity contribution in [2.45, 2.75) is 121 Å². The number of carbonyl (C=O) groups excluding carboxylic acids is 1. The van der Waals surface area contributed by atoms with Gasteiger partial charge in [-0.25, -0.2) is 18.9 Å². The molecular weight excluding hydrogens is 883 g/mol. The first kappa shape index (κ1) is 45.4. The Morgan fingerprint density at radius 2 is 1.38 bits per heavy atom. The molecule has 0 radical (unpaired) electrons. The lowest BCUT2D eigenvalue weighted by atomic mass is 9.77. The third kappa shape index (κ3) is 8.29. The summed E-state index contributed by atoms with van der Waals surface area (Å²) < 4.78 is 26.6. The second-order valence-electron chi connectivity index (χ2n) is 21.0. The van der Waals surface area contributed by atoms with Gasteiger partial charge in [-0.2, -0.15) is 10.1 Å². The third-order valence-corrected chi connectivity index (χ3v) is 15.2. The predicted molar refractivity (Wildman–Crippen MR) is 275 cm³/mol. The molecule has 2 aromatic heterocycles. The van der Waals surface area contributed by atoms with Crippen LogP contribution in [-0.4, -0.2) is 91.6 Å². The second-order valence-corrected chi connectivity index (χ2v) is 21.4. The molecule has 12 heteroatoms. The molecule has 69 heavy (non-hydrogen) atoms. The number of piperazine rings is 1. The molecule has 2 saturated carbocycles. The summed E-state index contributed by atoms with van der Waals surface area (Å²) >= 11 is 7.56. The molecule has 2 unspecified atom stereocenters. The van der Waals surface area contributed by atoms with E-state index in [1.54, 1.807) is 4.90 Å². The van der Waals surface area contributed by atoms with Crippen LogP contribution in [0.15, 0.2) is 109 Å². The van der Waals surface area contributed by atoms with E-state index in [4.69, 9.17) is 31.4 Å². The van der Waals surface area contributed by atoms with Crippen LogP contribution >= 0.6 is 11.6 Å². The first-order chi connectivity index (χ1) is 33.3. The molecule has 1 amide bonds. The monoisotopic (exact) mass is 944 g/mol. The van der Waals surface area contributed by atoms with E-state index in [9.17, 15) is 4.79 Å². The van der Waals surface area contributed by atoms with Gasteiger partial charge in [-0.1, -0.05) is 109 Å². The van der Waals surface area contributed by atoms with Crippen molar-refractivity contribution in [2.75, 3.05) is 36.4 Å². The standard InChI is InChI=1S/C57H62ClFN8O2/c1-35-22-27-46-49(51(38-23-24-38)63-67(46)57(39-16-10-7-11-17-39,40-18-12-8-13-19-40)41-20-14-9-15-21-41)47(35)48-45(58)32-44-52(50(48)59)61-54(60-42-28-30-64(31-29-42)43-25-26-43)62-53(44)65-33-37(3)66(34-36(65)2)55(68)69-56(4,5)6/h7-22,27,32,36-38,42-43H,23-26,28-31,33-34H2,1-6H3,(H,60,61,62). The average Bonchev–Trinajstić information content (AvgIpc) is 4.30. The molecule has 2 atom stereocenters. The summed E-state index contributed by atoms with van der Waals surface area (Å²) in [6.07, 6.45) is 6.10. The highest BCUT2D eigenvalue weighted by atomic mass is 35.5. The largest absolute Gasteiger partial charge is 0.444 e. The van der Waals surface area contributed by atoms with Crippen LogP contribution in [0, 0.1) is 12.7 Å². The van der Waals surface area contributed by atoms with E-state index >= 15 is 4.39 Å². The van der Waals surface area contributed by atoms with Gasteiger partial charge in [0.1, 0.15) is 22.5 Å². The zero-order valence-electron chi connectivity index (χ0n) is 40.6. The minimum Gasteiger partial charge on any atom is -0.444 e. The molecule has 11 rings (SSSR count). The average molecular weight is 946 g/mol. The van der Waals surface area contributed by atoms with Crippen molar-refractivity contribution < 1.29 is 13.9 Å². The molecule has 0 bridgehead atoms. The van der Waals surface area contributed by atoms with Gasteiger partial charge < -0.3 is 24.8 Å². The highest BCUT2D eigenvalue weighted by Crippen LogP contribution is 2.52. The van der Waals surface area contributed by atoms with E-state index in [-0.39, 0.29) is 40.7 Å². The number of anilines is 2. The van der Waals surface area contributed by atoms with E-state index in [1.165, 1.54) is 12.8 Å². The van der Waals surface area contributed by atoms with Crippen LogP contribution in [0.1, 0.15) is 107 Å². The van der Waals surface area contributed by atoms with Gasteiger partial charge in [0, 0.05) is 78.2 Å². The summed E-state index contributed by atoms with van der Waals surface area (Å²) in [5.74, 6) is 0.693. The van der Waals surface area contributed by atoms with Gasteiger partial charge in [-0.15, -0.1) is 0 Å². The Balaban J connectivity index is 1.10. The van der Waals surface area contributed by atoms with Crippen molar-refractivity contribution in [3.8, 4) is 11.1 Å². The second kappa shape index (κ2) is 17.7. The van der Waals surface area contributed by atoms with Crippen LogP contribution in [0.3, 0.4) is 0 Å². The smallest absolute Gasteiger partial charge is 0.410 e. The number of nitrogens with one attached hydrogen (secondary N) is 1. The lowest BCUT2D eigenvalue weighted by molar-refractivity contribution is 0.0130. The first-order valence-corrected chi connectivity index (χ1v) is 25.3. The Kier molecular flexibility index (Phi) is 11.7. The molecule has 1 N–H and O–H groups in total. The van der Waals surface area contributed by atoms with Gasteiger partial charge in [0.15, 0.2) is 5.82 Å². The lowest BCUT2D eigenvalue weighted by Gasteiger charge is -2.45. The van der Waals surface area contributed by atoms with Crippen LogP contribution < -0.4 is 10.2 Å². The van der Waals surface area contributed by atoms with Crippen molar-refractivity contribution in [3.63, 3.8) is 0 Å². The number of likely N-dealkylation sites (tertiary alicyclic amines) is 1. The molecular formula is C57H62ClFN8O2. The summed E-state index contributed by atoms with van der Waals surface area (Å²) in [5, 5.41) is 11.1. The fourth-order valence-corrected chi connectivity index (χ4v) is 11.5. The molecule has 4 fully saturated rings. The number of piperidine rings is 1. The summed E-state index contributed by atoms with van der Waals surface area (Å²) in [5.41, 5.74) is 5.63. The number of rotatable bonds is 10. The quantitative estimate of drug-likeness (QED) is 0.136. The fraction of sp³-hybridized carbons (Fsp3) is 0.404. The maximum atomic E-state index is 18.5. The van der Waals surface area contributed by atoms with Crippen molar-refractivity contribution >= 4 is 51.3 Å². The van der Waals surface area contributed by atoms with E-state index in [1.807, 2.05) is 58.9 Å². The molecule has 7 aromatic rings. The van der Waals surface area contributed by atoms with Crippen LogP contribution in [0.4, 0.5) is 21.0 Å². The number of ether oxygens (including phenoxy) is 1. The number of amides is 1. The highest BCUT2D eigenvalue weighted by molar-refractivity contribution is 6.35. The molecule has 10 nitrogen and oxygen atoms in total. The van der Waals surface area contributed by atoms with Crippen LogP contribution in [-0.2, 0) is 10.3 Å². The topological polar surface area (TPSA) is 91.7 Å². The number of nitrogens with zero attached hydrogens (tertiary/aromatic N) is 7. The normalized spacial score (nSPS) is 19.7. The van der Waals surface area contributed by atoms with Crippen molar-refractivity contribution in [2.24, 2.45) is 0 Å². The summed E-state index contributed by atoms with van der Waals surface area (Å²) in [6.45, 7) is 14.7. The Morgan fingerprint density at radius 3 is 1.94 bits per heavy atom. The van der Waals surface area contributed by atoms with Crippen molar-refractivity contribution in [3.05, 3.63) is 148 Å². The Hall–Kier alpha value is -6.04. The predicted octanol–water partition coefficient (Wildman–Crippen LogP) is 12.3. The van der Waals surface area contributed by atoms with Gasteiger partial charge in [-0.3, -0.25) is 0 Å². The van der Waals surface area contributed by atoms with Gasteiger partial charge in [-0.05, 0) is 114 Å². The number of carbonyl (C=O) groups is 1. The molecule has 4 heterocycles. The van der Waals surface area contributed by atoms with Crippen LogP contribution in [0.5, 0.6) is 0 Å². The van der Waals surface area contributed by atoms with Crippen LogP contribution in [0.25, 0.3) is 32.9 Å². The molecule has 2 saturated heterocycles. The number of fused-ring (bicyclic) bond motifs is 2. The minimum absolute atomic E-state index is 0.141. The number of hydrogen-bond donors (Lipinski definition) is 1. The van der Waals surface area contributed by atoms with E-state index < -0.39 is 17.0 Å². The number of hydrogen-bond acceptors (Lipinski definition) is 8. The van der Waals surface area contributed by atoms with E-state index in [0.29, 0.717) is 41.8 Å². The first-order valence-electron chi connectivity index (χ1n) is 25.0. The summed E-state index contributed by atoms with van der Waals surface area (Å²) in [6, 6.07) is 38.3. The van der Waals surface area contributed by atoms with Gasteiger partial charge in [0.2, 0.25) is 5.95 Å². The minimum atomic E-state index is -0.883. The molecule has 5 aromatic carbocycles. The fourth-order valence-electron chi connectivity index (χ4n) is 11.2. The molecule has 2 aliphatic carbocycles. The Labute approximate surface area is 409 Å². The van der Waals surface area contributed by atoms with E-state index in [0.717, 1.165) is 83.2 Å². The number of aryl methyl sites for hydroxylation is 1. The molecule has 0 spiro atoms. The number of halogens is 2. The Morgan fingerprint density at radius 1 is 0.768 bits per heavy atom. The SMILES string of the molecule is Cc1ccc2c(c(C3CC3)nn2C(c2ccccc2)(c2ccccc2)c2ccccc2)c1-c1c(Cl)cc2c(N3CC(C)N(C(=O)OC(C)(C)C)CC3C)nc(NC3CCN(C4CC4)CC3)nc2c1F. The maximum Gasteiger partial charge on any atom is 0.410 e. The van der Waals surface area contributed by atoms with E-state index in [2.05, 4.69) is 112 Å². The molecule has 2 aliphatic heterocycles. The van der Waals surface area contributed by atoms with Gasteiger partial charge >= 0.3 is 6.09 Å². The Bertz CT molecular complexity index is 2940. The summed E-state index contributed by atoms with van der Waals surface area (Å²) in [7, 11) is 0. The van der Waals surface area contributed by atoms with Crippen LogP contribution in [0.2, 0.25) is 5.02 Å². The lowest BCUT2D eigenvalue weighted by Crippen LogP contribution is -2.59.